The summed E-state index contributed by atoms with van der Waals surface area (Å²) in [4.78, 5) is 0. The second-order valence-corrected chi connectivity index (χ2v) is 5.37. The second kappa shape index (κ2) is 4.69. The fourth-order valence-electron chi connectivity index (χ4n) is 2.80. The quantitative estimate of drug-likeness (QED) is 0.841. The molecule has 92 valence electrons. The van der Waals surface area contributed by atoms with Gasteiger partial charge >= 0.3 is 0 Å². The van der Waals surface area contributed by atoms with Crippen molar-refractivity contribution in [3.8, 4) is 5.75 Å². The molecule has 1 aromatic rings. The molecule has 2 unspecified atom stereocenters. The van der Waals surface area contributed by atoms with Gasteiger partial charge in [0.25, 0.3) is 0 Å². The molecule has 3 rings (SSSR count). The fourth-order valence-corrected chi connectivity index (χ4v) is 2.80. The molecule has 2 heteroatoms. The minimum absolute atomic E-state index is 0.706. The molecule has 2 aliphatic carbocycles. The summed E-state index contributed by atoms with van der Waals surface area (Å²) < 4.78 is 5.47. The maximum absolute atomic E-state index is 5.47. The van der Waals surface area contributed by atoms with Crippen molar-refractivity contribution in [2.45, 2.75) is 37.6 Å². The monoisotopic (exact) mass is 231 g/mol. The van der Waals surface area contributed by atoms with Gasteiger partial charge in [-0.05, 0) is 55.7 Å². The van der Waals surface area contributed by atoms with E-state index in [1.54, 1.807) is 7.11 Å². The molecule has 0 saturated heterocycles. The van der Waals surface area contributed by atoms with Gasteiger partial charge in [0.05, 0.1) is 7.11 Å². The van der Waals surface area contributed by atoms with E-state index in [2.05, 4.69) is 29.6 Å². The van der Waals surface area contributed by atoms with E-state index in [-0.39, 0.29) is 0 Å². The van der Waals surface area contributed by atoms with Crippen molar-refractivity contribution in [1.29, 1.82) is 0 Å². The molecular formula is C15H21NO. The van der Waals surface area contributed by atoms with Crippen molar-refractivity contribution in [1.82, 2.24) is 5.32 Å². The van der Waals surface area contributed by atoms with E-state index in [1.807, 2.05) is 0 Å². The lowest BCUT2D eigenvalue weighted by atomic mass is 9.69. The van der Waals surface area contributed by atoms with Crippen molar-refractivity contribution < 1.29 is 4.74 Å². The van der Waals surface area contributed by atoms with Gasteiger partial charge in [-0.25, -0.2) is 0 Å². The Kier molecular flexibility index (Phi) is 3.06. The summed E-state index contributed by atoms with van der Waals surface area (Å²) in [7, 11) is 1.77. The molecule has 1 N–H and O–H groups in total. The van der Waals surface area contributed by atoms with Crippen LogP contribution in [0.1, 0.15) is 37.2 Å². The van der Waals surface area contributed by atoms with Gasteiger partial charge < -0.3 is 10.1 Å². The Morgan fingerprint density at radius 1 is 1.18 bits per heavy atom. The Morgan fingerprint density at radius 2 is 2.00 bits per heavy atom. The fraction of sp³-hybridized carbons (Fsp3) is 0.600. The first-order valence-electron chi connectivity index (χ1n) is 6.75. The Hall–Kier alpha value is -1.02. The summed E-state index contributed by atoms with van der Waals surface area (Å²) in [5.41, 5.74) is 1.41. The second-order valence-electron chi connectivity index (χ2n) is 5.37. The number of benzene rings is 1. The van der Waals surface area contributed by atoms with Crippen molar-refractivity contribution in [2.24, 2.45) is 5.92 Å². The number of rotatable bonds is 5. The average Bonchev–Trinajstić information content (AvgIpc) is 3.13. The summed E-state index contributed by atoms with van der Waals surface area (Å²) in [5, 5.41) is 3.65. The van der Waals surface area contributed by atoms with Crippen LogP contribution in [0.25, 0.3) is 0 Å². The maximum atomic E-state index is 5.47. The Balaban J connectivity index is 1.65. The summed E-state index contributed by atoms with van der Waals surface area (Å²) in [6.07, 6.45) is 5.44. The zero-order valence-electron chi connectivity index (χ0n) is 10.5. The van der Waals surface area contributed by atoms with Gasteiger partial charge in [-0.1, -0.05) is 18.2 Å². The summed E-state index contributed by atoms with van der Waals surface area (Å²) in [6.45, 7) is 1.19. The highest BCUT2D eigenvalue weighted by Crippen LogP contribution is 2.45. The van der Waals surface area contributed by atoms with Gasteiger partial charge in [0.2, 0.25) is 0 Å². The zero-order chi connectivity index (χ0) is 11.7. The third-order valence-electron chi connectivity index (χ3n) is 4.20. The van der Waals surface area contributed by atoms with E-state index in [1.165, 1.54) is 37.8 Å². The molecule has 0 spiro atoms. The number of hydrogen-bond donors (Lipinski definition) is 1. The molecular weight excluding hydrogens is 210 g/mol. The molecule has 0 aromatic heterocycles. The molecule has 1 aromatic carbocycles. The van der Waals surface area contributed by atoms with Crippen LogP contribution in [0.5, 0.6) is 5.75 Å². The zero-order valence-corrected chi connectivity index (χ0v) is 10.5. The molecule has 2 saturated carbocycles. The first kappa shape index (κ1) is 11.1. The molecule has 2 aliphatic rings. The number of methoxy groups -OCH3 is 1. The van der Waals surface area contributed by atoms with E-state index in [0.29, 0.717) is 5.92 Å². The van der Waals surface area contributed by atoms with Crippen LogP contribution in [-0.4, -0.2) is 19.7 Å². The highest BCUT2D eigenvalue weighted by Gasteiger charge is 2.34. The van der Waals surface area contributed by atoms with Crippen LogP contribution in [0.4, 0.5) is 0 Å². The normalized spacial score (nSPS) is 27.6. The first-order chi connectivity index (χ1) is 8.38. The van der Waals surface area contributed by atoms with E-state index in [0.717, 1.165) is 17.7 Å². The van der Waals surface area contributed by atoms with Crippen LogP contribution >= 0.6 is 0 Å². The molecule has 0 amide bonds. The molecule has 0 heterocycles. The number of hydrogen-bond acceptors (Lipinski definition) is 2. The van der Waals surface area contributed by atoms with E-state index < -0.39 is 0 Å². The maximum Gasteiger partial charge on any atom is 0.122 e. The van der Waals surface area contributed by atoms with Gasteiger partial charge in [-0.15, -0.1) is 0 Å². The van der Waals surface area contributed by atoms with Crippen LogP contribution in [-0.2, 0) is 0 Å². The molecule has 0 radical (unpaired) electrons. The smallest absolute Gasteiger partial charge is 0.122 e. The number of ether oxygens (including phenoxy) is 1. The van der Waals surface area contributed by atoms with Crippen LogP contribution in [0.2, 0.25) is 0 Å². The van der Waals surface area contributed by atoms with Crippen molar-refractivity contribution in [2.75, 3.05) is 13.7 Å². The highest BCUT2D eigenvalue weighted by molar-refractivity contribution is 5.37. The first-order valence-corrected chi connectivity index (χ1v) is 6.75. The minimum atomic E-state index is 0.706. The highest BCUT2D eigenvalue weighted by atomic mass is 16.5. The SMILES string of the molecule is COc1ccccc1C1CCC1CNC1CC1. The largest absolute Gasteiger partial charge is 0.496 e. The molecule has 0 bridgehead atoms. The lowest BCUT2D eigenvalue weighted by Gasteiger charge is -2.38. The third kappa shape index (κ3) is 2.32. The minimum Gasteiger partial charge on any atom is -0.496 e. The Morgan fingerprint density at radius 3 is 2.65 bits per heavy atom. The van der Waals surface area contributed by atoms with Crippen LogP contribution < -0.4 is 10.1 Å². The molecule has 0 aliphatic heterocycles. The molecule has 2 fully saturated rings. The molecule has 2 atom stereocenters. The Labute approximate surface area is 103 Å². The van der Waals surface area contributed by atoms with E-state index in [9.17, 15) is 0 Å². The summed E-state index contributed by atoms with van der Waals surface area (Å²) in [6, 6.07) is 9.32. The van der Waals surface area contributed by atoms with Gasteiger partial charge in [-0.2, -0.15) is 0 Å². The standard InChI is InChI=1S/C15H21NO/c1-17-15-5-3-2-4-14(15)13-9-6-11(13)10-16-12-7-8-12/h2-5,11-13,16H,6-10H2,1H3. The van der Waals surface area contributed by atoms with Gasteiger partial charge in [-0.3, -0.25) is 0 Å². The lowest BCUT2D eigenvalue weighted by molar-refractivity contribution is 0.239. The van der Waals surface area contributed by atoms with Crippen LogP contribution in [0.15, 0.2) is 24.3 Å². The van der Waals surface area contributed by atoms with E-state index >= 15 is 0 Å². The molecule has 2 nitrogen and oxygen atoms in total. The predicted molar refractivity (Wildman–Crippen MR) is 69.5 cm³/mol. The Bertz CT molecular complexity index is 386. The topological polar surface area (TPSA) is 21.3 Å². The predicted octanol–water partition coefficient (Wildman–Crippen LogP) is 2.94. The van der Waals surface area contributed by atoms with Crippen molar-refractivity contribution >= 4 is 0 Å². The van der Waals surface area contributed by atoms with Gasteiger partial charge in [0.1, 0.15) is 5.75 Å². The lowest BCUT2D eigenvalue weighted by Crippen LogP contribution is -2.34. The van der Waals surface area contributed by atoms with Crippen molar-refractivity contribution in [3.63, 3.8) is 0 Å². The number of para-hydroxylation sites is 1. The van der Waals surface area contributed by atoms with Crippen LogP contribution in [0.3, 0.4) is 0 Å². The van der Waals surface area contributed by atoms with Gasteiger partial charge in [0, 0.05) is 6.04 Å². The van der Waals surface area contributed by atoms with Gasteiger partial charge in [0.15, 0.2) is 0 Å². The average molecular weight is 231 g/mol. The number of nitrogens with one attached hydrogen (secondary N) is 1. The summed E-state index contributed by atoms with van der Waals surface area (Å²) >= 11 is 0. The third-order valence-corrected chi connectivity index (χ3v) is 4.20. The van der Waals surface area contributed by atoms with Crippen molar-refractivity contribution in [3.05, 3.63) is 29.8 Å². The molecule has 17 heavy (non-hydrogen) atoms. The van der Waals surface area contributed by atoms with E-state index in [4.69, 9.17) is 4.74 Å². The summed E-state index contributed by atoms with van der Waals surface area (Å²) in [5.74, 6) is 2.58. The van der Waals surface area contributed by atoms with Crippen LogP contribution in [0, 0.1) is 5.92 Å².